The third-order valence-electron chi connectivity index (χ3n) is 2.63. The number of nitriles is 1. The van der Waals surface area contributed by atoms with Gasteiger partial charge in [-0.25, -0.2) is 9.37 Å². The molecule has 5 nitrogen and oxygen atoms in total. The van der Waals surface area contributed by atoms with Gasteiger partial charge in [0.1, 0.15) is 6.07 Å². The van der Waals surface area contributed by atoms with Crippen molar-refractivity contribution in [2.24, 2.45) is 0 Å². The van der Waals surface area contributed by atoms with Crippen LogP contribution in [-0.2, 0) is 0 Å². The molecule has 1 aromatic heterocycles. The maximum Gasteiger partial charge on any atom is 0.224 e. The van der Waals surface area contributed by atoms with E-state index in [1.807, 2.05) is 13.0 Å². The lowest BCUT2D eigenvalue weighted by molar-refractivity contribution is 0.619. The Bertz CT molecular complexity index is 684. The molecule has 0 aliphatic carbocycles. The zero-order valence-electron chi connectivity index (χ0n) is 11.3. The van der Waals surface area contributed by atoms with Gasteiger partial charge in [-0.2, -0.15) is 10.2 Å². The average molecular weight is 306 g/mol. The monoisotopic (exact) mass is 305 g/mol. The van der Waals surface area contributed by atoms with Crippen LogP contribution in [-0.4, -0.2) is 16.5 Å². The molecule has 21 heavy (non-hydrogen) atoms. The van der Waals surface area contributed by atoms with Gasteiger partial charge in [0.2, 0.25) is 5.95 Å². The van der Waals surface area contributed by atoms with Gasteiger partial charge >= 0.3 is 0 Å². The largest absolute Gasteiger partial charge is 0.354 e. The van der Waals surface area contributed by atoms with Crippen molar-refractivity contribution in [3.8, 4) is 6.07 Å². The second-order valence-electron chi connectivity index (χ2n) is 4.24. The van der Waals surface area contributed by atoms with Crippen molar-refractivity contribution in [2.45, 2.75) is 13.3 Å². The minimum atomic E-state index is -0.610. The third kappa shape index (κ3) is 3.80. The van der Waals surface area contributed by atoms with Crippen molar-refractivity contribution in [1.29, 1.82) is 5.26 Å². The molecule has 0 fully saturated rings. The maximum atomic E-state index is 13.8. The fourth-order valence-electron chi connectivity index (χ4n) is 1.62. The van der Waals surface area contributed by atoms with E-state index < -0.39 is 5.82 Å². The average Bonchev–Trinajstić information content (AvgIpc) is 2.48. The summed E-state index contributed by atoms with van der Waals surface area (Å²) in [6.45, 7) is 2.69. The van der Waals surface area contributed by atoms with Gasteiger partial charge in [0.15, 0.2) is 11.6 Å². The van der Waals surface area contributed by atoms with Crippen LogP contribution in [0.5, 0.6) is 0 Å². The van der Waals surface area contributed by atoms with E-state index in [0.717, 1.165) is 12.6 Å². The number of hydrogen-bond acceptors (Lipinski definition) is 5. The van der Waals surface area contributed by atoms with Gasteiger partial charge in [0.05, 0.1) is 17.4 Å². The lowest BCUT2D eigenvalue weighted by Gasteiger charge is -2.10. The number of anilines is 3. The molecule has 2 rings (SSSR count). The first-order valence-corrected chi connectivity index (χ1v) is 6.75. The van der Waals surface area contributed by atoms with Gasteiger partial charge in [-0.3, -0.25) is 0 Å². The molecule has 0 saturated heterocycles. The Balaban J connectivity index is 2.31. The van der Waals surface area contributed by atoms with E-state index in [0.29, 0.717) is 28.8 Å². The van der Waals surface area contributed by atoms with E-state index in [1.165, 1.54) is 0 Å². The third-order valence-corrected chi connectivity index (χ3v) is 2.87. The number of nitrogens with zero attached hydrogens (tertiary/aromatic N) is 3. The summed E-state index contributed by atoms with van der Waals surface area (Å²) >= 11 is 5.89. The van der Waals surface area contributed by atoms with Gasteiger partial charge < -0.3 is 10.6 Å². The molecule has 0 bridgehead atoms. The molecule has 108 valence electrons. The zero-order valence-corrected chi connectivity index (χ0v) is 12.1. The van der Waals surface area contributed by atoms with Crippen LogP contribution < -0.4 is 10.6 Å². The molecule has 0 aliphatic heterocycles. The van der Waals surface area contributed by atoms with Gasteiger partial charge in [-0.1, -0.05) is 18.5 Å². The normalized spacial score (nSPS) is 10.0. The molecule has 0 spiro atoms. The number of rotatable bonds is 5. The van der Waals surface area contributed by atoms with Crippen LogP contribution in [0.1, 0.15) is 18.9 Å². The first-order valence-electron chi connectivity index (χ1n) is 6.37. The molecular formula is C14H13ClFN5. The van der Waals surface area contributed by atoms with E-state index in [9.17, 15) is 4.39 Å². The Morgan fingerprint density at radius 1 is 1.43 bits per heavy atom. The Kier molecular flexibility index (Phi) is 4.90. The summed E-state index contributed by atoms with van der Waals surface area (Å²) in [6.07, 6.45) is 1.97. The predicted molar refractivity (Wildman–Crippen MR) is 80.2 cm³/mol. The quantitative estimate of drug-likeness (QED) is 0.881. The Morgan fingerprint density at radius 3 is 2.95 bits per heavy atom. The lowest BCUT2D eigenvalue weighted by atomic mass is 10.2. The molecule has 2 N–H and O–H groups in total. The molecule has 0 aliphatic rings. The fraction of sp³-hybridized carbons (Fsp3) is 0.214. The molecule has 1 aromatic carbocycles. The summed E-state index contributed by atoms with van der Waals surface area (Å²) < 4.78 is 13.8. The van der Waals surface area contributed by atoms with Crippen LogP contribution in [0.3, 0.4) is 0 Å². The number of aromatic nitrogens is 2. The first-order chi connectivity index (χ1) is 10.1. The summed E-state index contributed by atoms with van der Waals surface area (Å²) in [5.74, 6) is -0.301. The summed E-state index contributed by atoms with van der Waals surface area (Å²) in [6, 6.07) is 6.70. The summed E-state index contributed by atoms with van der Waals surface area (Å²) in [4.78, 5) is 7.90. The van der Waals surface area contributed by atoms with Crippen LogP contribution in [0.2, 0.25) is 5.02 Å². The summed E-state index contributed by atoms with van der Waals surface area (Å²) in [5.41, 5.74) is 0.740. The Hall–Kier alpha value is -2.39. The van der Waals surface area contributed by atoms with Crippen LogP contribution in [0.25, 0.3) is 0 Å². The Morgan fingerprint density at radius 2 is 2.24 bits per heavy atom. The van der Waals surface area contributed by atoms with Gasteiger partial charge in [-0.15, -0.1) is 0 Å². The zero-order chi connectivity index (χ0) is 15.2. The van der Waals surface area contributed by atoms with Crippen LogP contribution in [0, 0.1) is 17.1 Å². The van der Waals surface area contributed by atoms with Gasteiger partial charge in [0.25, 0.3) is 0 Å². The van der Waals surface area contributed by atoms with E-state index in [-0.39, 0.29) is 5.82 Å². The topological polar surface area (TPSA) is 73.6 Å². The number of hydrogen-bond donors (Lipinski definition) is 2. The molecule has 1 heterocycles. The van der Waals surface area contributed by atoms with Gasteiger partial charge in [-0.05, 0) is 24.6 Å². The highest BCUT2D eigenvalue weighted by molar-refractivity contribution is 6.30. The minimum absolute atomic E-state index is 0.0117. The molecule has 2 aromatic rings. The van der Waals surface area contributed by atoms with Crippen molar-refractivity contribution >= 4 is 29.1 Å². The molecule has 7 heteroatoms. The molecule has 0 radical (unpaired) electrons. The van der Waals surface area contributed by atoms with Crippen molar-refractivity contribution in [3.63, 3.8) is 0 Å². The van der Waals surface area contributed by atoms with Gasteiger partial charge in [0, 0.05) is 11.6 Å². The van der Waals surface area contributed by atoms with E-state index >= 15 is 0 Å². The minimum Gasteiger partial charge on any atom is -0.354 e. The highest BCUT2D eigenvalue weighted by atomic mass is 35.5. The maximum absolute atomic E-state index is 13.8. The number of nitrogens with one attached hydrogen (secondary N) is 2. The SMILES string of the molecule is CCCNc1ncc(F)c(Nc2cc(Cl)ccc2C#N)n1. The number of halogens is 2. The Labute approximate surface area is 126 Å². The second-order valence-corrected chi connectivity index (χ2v) is 4.68. The first kappa shape index (κ1) is 15.0. The fourth-order valence-corrected chi connectivity index (χ4v) is 1.79. The van der Waals surface area contributed by atoms with Crippen molar-refractivity contribution < 1.29 is 4.39 Å². The van der Waals surface area contributed by atoms with E-state index in [4.69, 9.17) is 16.9 Å². The van der Waals surface area contributed by atoms with Crippen molar-refractivity contribution in [1.82, 2.24) is 9.97 Å². The molecule has 0 atom stereocenters. The molecule has 0 amide bonds. The van der Waals surface area contributed by atoms with Crippen LogP contribution >= 0.6 is 11.6 Å². The van der Waals surface area contributed by atoms with Crippen molar-refractivity contribution in [2.75, 3.05) is 17.2 Å². The molecular weight excluding hydrogens is 293 g/mol. The van der Waals surface area contributed by atoms with Crippen LogP contribution in [0.15, 0.2) is 24.4 Å². The van der Waals surface area contributed by atoms with E-state index in [1.54, 1.807) is 18.2 Å². The molecule has 0 saturated carbocycles. The van der Waals surface area contributed by atoms with Crippen LogP contribution in [0.4, 0.5) is 21.8 Å². The van der Waals surface area contributed by atoms with Crippen molar-refractivity contribution in [3.05, 3.63) is 40.8 Å². The predicted octanol–water partition coefficient (Wildman–Crippen LogP) is 3.71. The highest BCUT2D eigenvalue weighted by Crippen LogP contribution is 2.25. The summed E-state index contributed by atoms with van der Waals surface area (Å²) in [5, 5.41) is 15.2. The van der Waals surface area contributed by atoms with E-state index in [2.05, 4.69) is 20.6 Å². The highest BCUT2D eigenvalue weighted by Gasteiger charge is 2.10. The lowest BCUT2D eigenvalue weighted by Crippen LogP contribution is -2.07. The second kappa shape index (κ2) is 6.86. The smallest absolute Gasteiger partial charge is 0.224 e. The number of benzene rings is 1. The molecule has 0 unspecified atom stereocenters. The standard InChI is InChI=1S/C14H13ClFN5/c1-2-5-18-14-19-8-11(16)13(21-14)20-12-6-10(15)4-3-9(12)7-17/h3-4,6,8H,2,5H2,1H3,(H2,18,19,20,21). The summed E-state index contributed by atoms with van der Waals surface area (Å²) in [7, 11) is 0.